The minimum atomic E-state index is -0.358. The molecule has 0 bridgehead atoms. The minimum Gasteiger partial charge on any atom is -0.410 e. The Bertz CT molecular complexity index is 1400. The Hall–Kier alpha value is -4.66. The second-order valence-electron chi connectivity index (χ2n) is 7.89. The molecule has 5 N–H and O–H groups in total. The number of carbonyl (C=O) groups is 1. The van der Waals surface area contributed by atoms with E-state index in [4.69, 9.17) is 15.9 Å². The molecule has 1 amide bonds. The first-order valence-electron chi connectivity index (χ1n) is 10.8. The Balaban J connectivity index is 1.33. The molecule has 2 aromatic heterocycles. The third-order valence-electron chi connectivity index (χ3n) is 5.69. The molecule has 0 saturated heterocycles. The van der Waals surface area contributed by atoms with Crippen molar-refractivity contribution in [3.63, 3.8) is 0 Å². The van der Waals surface area contributed by atoms with Crippen molar-refractivity contribution in [2.24, 2.45) is 0 Å². The maximum absolute atomic E-state index is 12.5. The summed E-state index contributed by atoms with van der Waals surface area (Å²) in [6.07, 6.45) is 5.07. The zero-order valence-electron chi connectivity index (χ0n) is 18.3. The highest BCUT2D eigenvalue weighted by molar-refractivity contribution is 5.93. The lowest BCUT2D eigenvalue weighted by Gasteiger charge is -2.25. The summed E-state index contributed by atoms with van der Waals surface area (Å²) in [6.45, 7) is 1.02. The number of amides is 1. The highest BCUT2D eigenvalue weighted by atomic mass is 16.6. The van der Waals surface area contributed by atoms with Crippen LogP contribution in [0.2, 0.25) is 0 Å². The minimum absolute atomic E-state index is 0.358. The molecule has 9 heteroatoms. The monoisotopic (exact) mass is 453 g/mol. The second-order valence-corrected chi connectivity index (χ2v) is 7.89. The number of anilines is 3. The smallest absolute Gasteiger partial charge is 0.410 e. The van der Waals surface area contributed by atoms with Gasteiger partial charge in [0.2, 0.25) is 0 Å². The molecule has 0 fully saturated rings. The first-order chi connectivity index (χ1) is 16.6. The Labute approximate surface area is 195 Å². The summed E-state index contributed by atoms with van der Waals surface area (Å²) in [5.41, 5.74) is 10.6. The van der Waals surface area contributed by atoms with Crippen LogP contribution in [-0.4, -0.2) is 45.2 Å². The van der Waals surface area contributed by atoms with Crippen molar-refractivity contribution in [1.82, 2.24) is 19.9 Å². The van der Waals surface area contributed by atoms with Gasteiger partial charge in [0.05, 0.1) is 5.39 Å². The molecule has 5 rings (SSSR count). The number of nitrogens with one attached hydrogen (secondary N) is 3. The van der Waals surface area contributed by atoms with Gasteiger partial charge in [0.25, 0.3) is 0 Å². The summed E-state index contributed by atoms with van der Waals surface area (Å²) >= 11 is 0. The van der Waals surface area contributed by atoms with E-state index in [1.165, 1.54) is 12.5 Å². The van der Waals surface area contributed by atoms with Crippen molar-refractivity contribution in [2.45, 2.75) is 6.42 Å². The molecule has 3 heterocycles. The molecule has 1 aliphatic heterocycles. The molecule has 0 unspecified atom stereocenters. The first-order valence-corrected chi connectivity index (χ1v) is 10.8. The Kier molecular flexibility index (Phi) is 5.65. The zero-order valence-corrected chi connectivity index (χ0v) is 18.3. The van der Waals surface area contributed by atoms with E-state index in [0.29, 0.717) is 48.0 Å². The predicted molar refractivity (Wildman–Crippen MR) is 133 cm³/mol. The van der Waals surface area contributed by atoms with E-state index in [2.05, 4.69) is 20.3 Å². The average Bonchev–Trinajstić information content (AvgIpc) is 3.31. The number of nitrogen functional groups attached to an aromatic ring is 1. The summed E-state index contributed by atoms with van der Waals surface area (Å²) in [7, 11) is 0. The van der Waals surface area contributed by atoms with Gasteiger partial charge in [-0.1, -0.05) is 24.3 Å². The van der Waals surface area contributed by atoms with E-state index in [-0.39, 0.29) is 6.09 Å². The normalized spacial score (nSPS) is 13.4. The van der Waals surface area contributed by atoms with E-state index < -0.39 is 0 Å². The number of hydrogen-bond acceptors (Lipinski definition) is 7. The molecule has 2 aromatic carbocycles. The van der Waals surface area contributed by atoms with Gasteiger partial charge in [-0.3, -0.25) is 0 Å². The molecule has 34 heavy (non-hydrogen) atoms. The van der Waals surface area contributed by atoms with Crippen LogP contribution in [0.15, 0.2) is 67.0 Å². The largest absolute Gasteiger partial charge is 0.415 e. The number of fused-ring (bicyclic) bond motifs is 1. The van der Waals surface area contributed by atoms with Gasteiger partial charge in [-0.25, -0.2) is 14.8 Å². The fourth-order valence-electron chi connectivity index (χ4n) is 3.86. The van der Waals surface area contributed by atoms with Crippen LogP contribution in [0, 0.1) is 5.41 Å². The maximum atomic E-state index is 12.5. The highest BCUT2D eigenvalue weighted by Gasteiger charge is 2.21. The standard InChI is InChI=1S/C25H23N7O2/c26-14-17-12-18(6-7-21(17)27)30-23-20-13-22(31-24(20)29-15-28-23)16-8-10-32(11-9-16)25(33)34-19-4-2-1-3-5-19/h1-8,12-15,26H,9-11,27H2,(H2,28,29,30,31). The van der Waals surface area contributed by atoms with Gasteiger partial charge in [0.15, 0.2) is 0 Å². The van der Waals surface area contributed by atoms with Gasteiger partial charge < -0.3 is 31.1 Å². The van der Waals surface area contributed by atoms with E-state index in [9.17, 15) is 4.79 Å². The van der Waals surface area contributed by atoms with Gasteiger partial charge >= 0.3 is 6.09 Å². The fourth-order valence-corrected chi connectivity index (χ4v) is 3.86. The molecule has 0 atom stereocenters. The molecule has 9 nitrogen and oxygen atoms in total. The van der Waals surface area contributed by atoms with Gasteiger partial charge in [-0.15, -0.1) is 0 Å². The molecule has 0 radical (unpaired) electrons. The molecule has 170 valence electrons. The Morgan fingerprint density at radius 3 is 2.79 bits per heavy atom. The van der Waals surface area contributed by atoms with Crippen LogP contribution >= 0.6 is 0 Å². The number of para-hydroxylation sites is 1. The molecular formula is C25H23N7O2. The lowest BCUT2D eigenvalue weighted by Crippen LogP contribution is -2.36. The summed E-state index contributed by atoms with van der Waals surface area (Å²) in [6, 6.07) is 16.5. The Morgan fingerprint density at radius 1 is 1.18 bits per heavy atom. The highest BCUT2D eigenvalue weighted by Crippen LogP contribution is 2.30. The third kappa shape index (κ3) is 4.31. The van der Waals surface area contributed by atoms with Crippen molar-refractivity contribution < 1.29 is 9.53 Å². The van der Waals surface area contributed by atoms with Gasteiger partial charge in [0, 0.05) is 41.9 Å². The number of H-pyrrole nitrogens is 1. The molecule has 0 spiro atoms. The quantitative estimate of drug-likeness (QED) is 0.258. The van der Waals surface area contributed by atoms with Crippen LogP contribution in [0.5, 0.6) is 5.75 Å². The van der Waals surface area contributed by atoms with E-state index in [1.807, 2.05) is 36.4 Å². The summed E-state index contributed by atoms with van der Waals surface area (Å²) in [5.74, 6) is 1.18. The lowest BCUT2D eigenvalue weighted by atomic mass is 10.1. The van der Waals surface area contributed by atoms with Crippen molar-refractivity contribution in [3.05, 3.63) is 78.3 Å². The number of rotatable bonds is 5. The molecule has 1 aliphatic rings. The van der Waals surface area contributed by atoms with Crippen LogP contribution in [0.25, 0.3) is 16.6 Å². The number of carbonyl (C=O) groups excluding carboxylic acids is 1. The summed E-state index contributed by atoms with van der Waals surface area (Å²) in [4.78, 5) is 26.2. The summed E-state index contributed by atoms with van der Waals surface area (Å²) in [5, 5.41) is 11.6. The number of hydrogen-bond donors (Lipinski definition) is 4. The second kappa shape index (κ2) is 9.07. The van der Waals surface area contributed by atoms with Crippen molar-refractivity contribution >= 4 is 46.1 Å². The Morgan fingerprint density at radius 2 is 2.03 bits per heavy atom. The van der Waals surface area contributed by atoms with Crippen molar-refractivity contribution in [2.75, 3.05) is 24.1 Å². The van der Waals surface area contributed by atoms with Crippen molar-refractivity contribution in [3.8, 4) is 5.75 Å². The number of nitrogens with two attached hydrogens (primary N) is 1. The van der Waals surface area contributed by atoms with Gasteiger partial charge in [0.1, 0.15) is 23.5 Å². The number of benzene rings is 2. The number of aromatic nitrogens is 3. The van der Waals surface area contributed by atoms with Crippen LogP contribution < -0.4 is 15.8 Å². The van der Waals surface area contributed by atoms with Gasteiger partial charge in [-0.2, -0.15) is 0 Å². The van der Waals surface area contributed by atoms with Crippen LogP contribution in [-0.2, 0) is 0 Å². The third-order valence-corrected chi connectivity index (χ3v) is 5.69. The number of nitrogens with zero attached hydrogens (tertiary/aromatic N) is 3. The van der Waals surface area contributed by atoms with Crippen molar-refractivity contribution in [1.29, 1.82) is 5.41 Å². The fraction of sp³-hybridized carbons (Fsp3) is 0.120. The molecular weight excluding hydrogens is 430 g/mol. The first kappa shape index (κ1) is 21.2. The number of aromatic amines is 1. The topological polar surface area (TPSA) is 133 Å². The summed E-state index contributed by atoms with van der Waals surface area (Å²) < 4.78 is 5.44. The van der Waals surface area contributed by atoms with Gasteiger partial charge in [-0.05, 0) is 48.4 Å². The average molecular weight is 454 g/mol. The van der Waals surface area contributed by atoms with E-state index >= 15 is 0 Å². The maximum Gasteiger partial charge on any atom is 0.415 e. The SMILES string of the molecule is N=Cc1cc(Nc2ncnc3[nH]c(C4=CCN(C(=O)Oc5ccccc5)CC4)cc23)ccc1N. The molecule has 0 saturated carbocycles. The molecule has 0 aliphatic carbocycles. The molecule has 4 aromatic rings. The van der Waals surface area contributed by atoms with E-state index in [0.717, 1.165) is 22.3 Å². The van der Waals surface area contributed by atoms with Crippen LogP contribution in [0.3, 0.4) is 0 Å². The van der Waals surface area contributed by atoms with Crippen LogP contribution in [0.1, 0.15) is 17.7 Å². The van der Waals surface area contributed by atoms with Crippen LogP contribution in [0.4, 0.5) is 22.0 Å². The van der Waals surface area contributed by atoms with E-state index in [1.54, 1.807) is 29.2 Å². The zero-order chi connectivity index (χ0) is 23.5. The predicted octanol–water partition coefficient (Wildman–Crippen LogP) is 4.57. The lowest BCUT2D eigenvalue weighted by molar-refractivity contribution is 0.157. The number of ether oxygens (including phenoxy) is 1.